The van der Waals surface area contributed by atoms with Gasteiger partial charge < -0.3 is 15.5 Å². The lowest BCUT2D eigenvalue weighted by Gasteiger charge is -2.40. The van der Waals surface area contributed by atoms with Gasteiger partial charge in [0.1, 0.15) is 0 Å². The lowest BCUT2D eigenvalue weighted by atomic mass is 10.0. The Labute approximate surface area is 137 Å². The third-order valence-electron chi connectivity index (χ3n) is 4.42. The molecule has 23 heavy (non-hydrogen) atoms. The normalized spacial score (nSPS) is 18.8. The third-order valence-corrected chi connectivity index (χ3v) is 4.42. The third kappa shape index (κ3) is 3.71. The molecule has 0 saturated carbocycles. The van der Waals surface area contributed by atoms with Crippen molar-refractivity contribution in [3.8, 4) is 0 Å². The van der Waals surface area contributed by atoms with Gasteiger partial charge in [-0.1, -0.05) is 42.5 Å². The molecular weight excluding hydrogens is 286 g/mol. The maximum Gasteiger partial charge on any atom is 0.227 e. The van der Waals surface area contributed by atoms with Crippen molar-refractivity contribution in [3.63, 3.8) is 0 Å². The summed E-state index contributed by atoms with van der Waals surface area (Å²) in [6.45, 7) is 2.55. The maximum absolute atomic E-state index is 12.8. The highest BCUT2D eigenvalue weighted by atomic mass is 16.2. The van der Waals surface area contributed by atoms with Crippen molar-refractivity contribution in [2.24, 2.45) is 0 Å². The summed E-state index contributed by atoms with van der Waals surface area (Å²) in [5.74, 6) is 0.178. The first-order valence-electron chi connectivity index (χ1n) is 8.01. The van der Waals surface area contributed by atoms with E-state index < -0.39 is 0 Å². The number of likely N-dealkylation sites (N-methyl/N-ethyl adjacent to an activating group) is 1. The summed E-state index contributed by atoms with van der Waals surface area (Å²) < 4.78 is 0. The Kier molecular flexibility index (Phi) is 4.63. The van der Waals surface area contributed by atoms with Crippen LogP contribution in [0.4, 0.5) is 5.69 Å². The zero-order chi connectivity index (χ0) is 16.2. The Hall–Kier alpha value is -2.33. The minimum absolute atomic E-state index is 0.122. The molecule has 120 valence electrons. The molecule has 0 radical (unpaired) electrons. The van der Waals surface area contributed by atoms with E-state index in [9.17, 15) is 4.79 Å². The van der Waals surface area contributed by atoms with Gasteiger partial charge in [-0.05, 0) is 30.3 Å². The van der Waals surface area contributed by atoms with Crippen LogP contribution in [0.5, 0.6) is 0 Å². The van der Waals surface area contributed by atoms with E-state index in [4.69, 9.17) is 5.73 Å². The molecule has 1 saturated heterocycles. The standard InChI is InChI=1S/C19H23N3O/c1-21-11-12-22(18(14-21)16-5-3-2-4-6-16)19(23)13-15-7-9-17(20)10-8-15/h2-10,18H,11-14,20H2,1H3. The van der Waals surface area contributed by atoms with E-state index in [0.29, 0.717) is 6.42 Å². The highest BCUT2D eigenvalue weighted by Gasteiger charge is 2.29. The SMILES string of the molecule is CN1CCN(C(=O)Cc2ccc(N)cc2)C(c2ccccc2)C1. The van der Waals surface area contributed by atoms with Gasteiger partial charge in [0.25, 0.3) is 0 Å². The van der Waals surface area contributed by atoms with E-state index in [2.05, 4.69) is 24.1 Å². The van der Waals surface area contributed by atoms with Crippen LogP contribution in [-0.2, 0) is 11.2 Å². The second-order valence-electron chi connectivity index (χ2n) is 6.19. The lowest BCUT2D eigenvalue weighted by molar-refractivity contribution is -0.135. The molecule has 3 rings (SSSR count). The number of piperazine rings is 1. The van der Waals surface area contributed by atoms with Crippen LogP contribution in [-0.4, -0.2) is 42.4 Å². The molecule has 0 spiro atoms. The lowest BCUT2D eigenvalue weighted by Crippen LogP contribution is -2.49. The minimum atomic E-state index is 0.122. The number of nitrogens with zero attached hydrogens (tertiary/aromatic N) is 2. The molecule has 1 aliphatic heterocycles. The second kappa shape index (κ2) is 6.84. The van der Waals surface area contributed by atoms with Crippen molar-refractivity contribution >= 4 is 11.6 Å². The molecule has 2 N–H and O–H groups in total. The van der Waals surface area contributed by atoms with Crippen molar-refractivity contribution in [1.82, 2.24) is 9.80 Å². The number of nitrogen functional groups attached to an aromatic ring is 1. The topological polar surface area (TPSA) is 49.6 Å². The van der Waals surface area contributed by atoms with Crippen LogP contribution >= 0.6 is 0 Å². The molecular formula is C19H23N3O. The monoisotopic (exact) mass is 309 g/mol. The number of anilines is 1. The van der Waals surface area contributed by atoms with Crippen molar-refractivity contribution in [3.05, 3.63) is 65.7 Å². The largest absolute Gasteiger partial charge is 0.399 e. The van der Waals surface area contributed by atoms with Gasteiger partial charge in [-0.3, -0.25) is 4.79 Å². The van der Waals surface area contributed by atoms with Crippen LogP contribution < -0.4 is 5.73 Å². The fourth-order valence-corrected chi connectivity index (χ4v) is 3.09. The summed E-state index contributed by atoms with van der Waals surface area (Å²) >= 11 is 0. The quantitative estimate of drug-likeness (QED) is 0.885. The summed E-state index contributed by atoms with van der Waals surface area (Å²) in [5.41, 5.74) is 8.65. The first kappa shape index (κ1) is 15.6. The van der Waals surface area contributed by atoms with Gasteiger partial charge in [-0.25, -0.2) is 0 Å². The van der Waals surface area contributed by atoms with Crippen molar-refractivity contribution in [2.75, 3.05) is 32.4 Å². The Morgan fingerprint density at radius 1 is 1.09 bits per heavy atom. The van der Waals surface area contributed by atoms with E-state index in [-0.39, 0.29) is 11.9 Å². The number of benzene rings is 2. The van der Waals surface area contributed by atoms with Gasteiger partial charge in [0.2, 0.25) is 5.91 Å². The molecule has 1 heterocycles. The molecule has 0 bridgehead atoms. The van der Waals surface area contributed by atoms with E-state index in [1.54, 1.807) is 0 Å². The molecule has 1 atom stereocenters. The Balaban J connectivity index is 1.78. The zero-order valence-electron chi connectivity index (χ0n) is 13.5. The summed E-state index contributed by atoms with van der Waals surface area (Å²) in [6.07, 6.45) is 0.424. The fraction of sp³-hybridized carbons (Fsp3) is 0.316. The Morgan fingerprint density at radius 3 is 2.48 bits per heavy atom. The van der Waals surface area contributed by atoms with Gasteiger partial charge in [0.05, 0.1) is 12.5 Å². The highest BCUT2D eigenvalue weighted by Crippen LogP contribution is 2.25. The molecule has 2 aromatic rings. The number of nitrogens with two attached hydrogens (primary N) is 1. The molecule has 0 aromatic heterocycles. The van der Waals surface area contributed by atoms with Gasteiger partial charge in [-0.2, -0.15) is 0 Å². The maximum atomic E-state index is 12.8. The summed E-state index contributed by atoms with van der Waals surface area (Å²) in [4.78, 5) is 17.1. The number of hydrogen-bond acceptors (Lipinski definition) is 3. The molecule has 1 fully saturated rings. The van der Waals surface area contributed by atoms with E-state index in [0.717, 1.165) is 30.9 Å². The van der Waals surface area contributed by atoms with Crippen molar-refractivity contribution < 1.29 is 4.79 Å². The van der Waals surface area contributed by atoms with Crippen LogP contribution in [0.25, 0.3) is 0 Å². The Morgan fingerprint density at radius 2 is 1.78 bits per heavy atom. The zero-order valence-corrected chi connectivity index (χ0v) is 13.5. The summed E-state index contributed by atoms with van der Waals surface area (Å²) in [7, 11) is 2.11. The molecule has 4 heteroatoms. The first-order valence-corrected chi connectivity index (χ1v) is 8.01. The molecule has 0 aliphatic carbocycles. The predicted octanol–water partition coefficient (Wildman–Crippen LogP) is 2.33. The van der Waals surface area contributed by atoms with Crippen LogP contribution in [0, 0.1) is 0 Å². The van der Waals surface area contributed by atoms with Gasteiger partial charge in [-0.15, -0.1) is 0 Å². The average Bonchev–Trinajstić information content (AvgIpc) is 2.57. The smallest absolute Gasteiger partial charge is 0.227 e. The van der Waals surface area contributed by atoms with Gasteiger partial charge >= 0.3 is 0 Å². The summed E-state index contributed by atoms with van der Waals surface area (Å²) in [5, 5.41) is 0. The predicted molar refractivity (Wildman–Crippen MR) is 93.0 cm³/mol. The van der Waals surface area contributed by atoms with Crippen molar-refractivity contribution in [1.29, 1.82) is 0 Å². The molecule has 2 aromatic carbocycles. The number of amides is 1. The van der Waals surface area contributed by atoms with Crippen LogP contribution in [0.3, 0.4) is 0 Å². The van der Waals surface area contributed by atoms with E-state index in [1.807, 2.05) is 47.4 Å². The summed E-state index contributed by atoms with van der Waals surface area (Å²) in [6, 6.07) is 18.0. The molecule has 1 aliphatic rings. The second-order valence-corrected chi connectivity index (χ2v) is 6.19. The highest BCUT2D eigenvalue weighted by molar-refractivity contribution is 5.79. The van der Waals surface area contributed by atoms with E-state index in [1.165, 1.54) is 5.56 Å². The molecule has 1 unspecified atom stereocenters. The minimum Gasteiger partial charge on any atom is -0.399 e. The number of hydrogen-bond donors (Lipinski definition) is 1. The molecule has 4 nitrogen and oxygen atoms in total. The average molecular weight is 309 g/mol. The van der Waals surface area contributed by atoms with Crippen LogP contribution in [0.1, 0.15) is 17.2 Å². The van der Waals surface area contributed by atoms with Gasteiger partial charge in [0.15, 0.2) is 0 Å². The number of carbonyl (C=O) groups excluding carboxylic acids is 1. The Bertz CT molecular complexity index is 654. The first-order chi connectivity index (χ1) is 11.1. The number of rotatable bonds is 3. The fourth-order valence-electron chi connectivity index (χ4n) is 3.09. The molecule has 1 amide bonds. The number of carbonyl (C=O) groups is 1. The van der Waals surface area contributed by atoms with Crippen molar-refractivity contribution in [2.45, 2.75) is 12.5 Å². The van der Waals surface area contributed by atoms with Gasteiger partial charge in [0, 0.05) is 25.3 Å². The van der Waals surface area contributed by atoms with Crippen LogP contribution in [0.15, 0.2) is 54.6 Å². The van der Waals surface area contributed by atoms with E-state index >= 15 is 0 Å². The van der Waals surface area contributed by atoms with Crippen LogP contribution in [0.2, 0.25) is 0 Å².